The molecule has 0 unspecified atom stereocenters. The molecule has 1 aromatic rings. The van der Waals surface area contributed by atoms with E-state index in [1.165, 1.54) is 5.49 Å². The zero-order chi connectivity index (χ0) is 8.10. The number of carbonyl (C=O) groups excluding carboxylic acids is 1. The van der Waals surface area contributed by atoms with Crippen LogP contribution in [0.25, 0.3) is 0 Å². The van der Waals surface area contributed by atoms with Gasteiger partial charge in [-0.3, -0.25) is 4.79 Å². The maximum absolute atomic E-state index is 11.0. The first-order valence-corrected chi connectivity index (χ1v) is 3.61. The van der Waals surface area contributed by atoms with E-state index in [1.807, 2.05) is 6.07 Å². The number of hydrogen-bond acceptors (Lipinski definition) is 2. The maximum atomic E-state index is 11.0. The minimum Gasteiger partial charge on any atom is -0.319 e. The molecule has 0 bridgehead atoms. The molecular weight excluding hydrogens is 158 g/mol. The van der Waals surface area contributed by atoms with Crippen molar-refractivity contribution in [3.05, 3.63) is 35.9 Å². The van der Waals surface area contributed by atoms with Crippen LogP contribution in [-0.2, 0) is 0 Å². The third-order valence-corrected chi connectivity index (χ3v) is 1.34. The first kappa shape index (κ1) is 7.88. The highest BCUT2D eigenvalue weighted by Crippen LogP contribution is 1.96. The minimum absolute atomic E-state index is 0. The van der Waals surface area contributed by atoms with E-state index in [0.29, 0.717) is 5.56 Å². The van der Waals surface area contributed by atoms with Crippen molar-refractivity contribution in [2.45, 2.75) is 0 Å². The molecule has 0 aromatic heterocycles. The molecule has 0 saturated carbocycles. The first-order chi connectivity index (χ1) is 5.34. The van der Waals surface area contributed by atoms with Gasteiger partial charge in [-0.25, -0.2) is 0 Å². The molecular formula is C8H9NOS. The fourth-order valence-corrected chi connectivity index (χ4v) is 0.833. The molecule has 1 amide bonds. The van der Waals surface area contributed by atoms with E-state index in [9.17, 15) is 4.79 Å². The summed E-state index contributed by atoms with van der Waals surface area (Å²) in [4.78, 5) is 11.0. The van der Waals surface area contributed by atoms with E-state index in [0.717, 1.165) is 0 Å². The Kier molecular flexibility index (Phi) is 2.74. The number of hydrogen-bond donors (Lipinski definition) is 1. The lowest BCUT2D eigenvalue weighted by molar-refractivity contribution is 0.0979. The van der Waals surface area contributed by atoms with Crippen LogP contribution >= 0.6 is 12.2 Å². The molecule has 3 heteroatoms. The number of rotatable bonds is 2. The quantitative estimate of drug-likeness (QED) is 0.678. The summed E-state index contributed by atoms with van der Waals surface area (Å²) in [5.74, 6) is -0.166. The molecule has 1 N–H and O–H groups in total. The van der Waals surface area contributed by atoms with Gasteiger partial charge in [-0.15, -0.1) is 0 Å². The molecule has 0 atom stereocenters. The summed E-state index contributed by atoms with van der Waals surface area (Å²) in [6, 6.07) is 8.92. The van der Waals surface area contributed by atoms with Gasteiger partial charge >= 0.3 is 0 Å². The lowest BCUT2D eigenvalue weighted by Gasteiger charge is -1.96. The Morgan fingerprint density at radius 1 is 1.45 bits per heavy atom. The molecule has 58 valence electrons. The molecule has 2 nitrogen and oxygen atoms in total. The fourth-order valence-electron chi connectivity index (χ4n) is 0.726. The van der Waals surface area contributed by atoms with Crippen molar-refractivity contribution in [3.8, 4) is 0 Å². The summed E-state index contributed by atoms with van der Waals surface area (Å²) in [7, 11) is 0. The van der Waals surface area contributed by atoms with Gasteiger partial charge in [0.25, 0.3) is 5.91 Å². The number of amides is 1. The molecule has 0 aliphatic heterocycles. The van der Waals surface area contributed by atoms with Crippen LogP contribution in [0, 0.1) is 0 Å². The second-order valence-electron chi connectivity index (χ2n) is 1.96. The monoisotopic (exact) mass is 167 g/mol. The molecule has 0 saturated heterocycles. The van der Waals surface area contributed by atoms with Gasteiger partial charge in [0.2, 0.25) is 0 Å². The van der Waals surface area contributed by atoms with E-state index in [4.69, 9.17) is 0 Å². The molecule has 0 aliphatic rings. The Morgan fingerprint density at radius 3 is 2.64 bits per heavy atom. The third kappa shape index (κ3) is 2.13. The highest BCUT2D eigenvalue weighted by Gasteiger charge is 1.99. The SMILES string of the molecule is O=C(NC=S)c1ccccc1.[HH]. The molecule has 1 aromatic carbocycles. The highest BCUT2D eigenvalue weighted by atomic mass is 32.1. The molecule has 0 spiro atoms. The molecule has 0 heterocycles. The predicted octanol–water partition coefficient (Wildman–Crippen LogP) is 1.62. The van der Waals surface area contributed by atoms with Crippen molar-refractivity contribution in [2.75, 3.05) is 0 Å². The Labute approximate surface area is 71.7 Å². The second kappa shape index (κ2) is 3.83. The Morgan fingerprint density at radius 2 is 2.09 bits per heavy atom. The van der Waals surface area contributed by atoms with Gasteiger partial charge in [-0.2, -0.15) is 0 Å². The van der Waals surface area contributed by atoms with E-state index in [2.05, 4.69) is 17.5 Å². The van der Waals surface area contributed by atoms with Gasteiger partial charge in [-0.1, -0.05) is 30.4 Å². The molecule has 0 fully saturated rings. The molecule has 1 rings (SSSR count). The van der Waals surface area contributed by atoms with E-state index in [1.54, 1.807) is 24.3 Å². The van der Waals surface area contributed by atoms with Crippen molar-refractivity contribution in [1.82, 2.24) is 5.32 Å². The third-order valence-electron chi connectivity index (χ3n) is 1.23. The lowest BCUT2D eigenvalue weighted by atomic mass is 10.2. The van der Waals surface area contributed by atoms with E-state index in [-0.39, 0.29) is 7.33 Å². The van der Waals surface area contributed by atoms with Crippen molar-refractivity contribution in [3.63, 3.8) is 0 Å². The molecule has 0 aliphatic carbocycles. The topological polar surface area (TPSA) is 29.1 Å². The summed E-state index contributed by atoms with van der Waals surface area (Å²) in [6.45, 7) is 0. The average Bonchev–Trinajstić information content (AvgIpc) is 2.07. The van der Waals surface area contributed by atoms with Crippen LogP contribution in [0.4, 0.5) is 0 Å². The number of thiocarbonyl (C=S) groups is 1. The minimum atomic E-state index is -0.166. The van der Waals surface area contributed by atoms with Crippen molar-refractivity contribution >= 4 is 23.6 Å². The van der Waals surface area contributed by atoms with Crippen LogP contribution in [0.5, 0.6) is 0 Å². The summed E-state index contributed by atoms with van der Waals surface area (Å²) >= 11 is 4.47. The number of benzene rings is 1. The molecule has 11 heavy (non-hydrogen) atoms. The second-order valence-corrected chi connectivity index (χ2v) is 2.19. The largest absolute Gasteiger partial charge is 0.319 e. The van der Waals surface area contributed by atoms with Crippen molar-refractivity contribution < 1.29 is 6.22 Å². The Bertz CT molecular complexity index is 263. The van der Waals surface area contributed by atoms with Crippen LogP contribution in [0.2, 0.25) is 0 Å². The Balaban J connectivity index is 0.00000121. The Hall–Kier alpha value is -1.22. The van der Waals surface area contributed by atoms with Crippen LogP contribution in [0.15, 0.2) is 30.3 Å². The lowest BCUT2D eigenvalue weighted by Crippen LogP contribution is -2.19. The maximum Gasteiger partial charge on any atom is 0.255 e. The summed E-state index contributed by atoms with van der Waals surface area (Å²) in [5.41, 5.74) is 1.82. The first-order valence-electron chi connectivity index (χ1n) is 3.14. The summed E-state index contributed by atoms with van der Waals surface area (Å²) in [6.07, 6.45) is 0. The van der Waals surface area contributed by atoms with Crippen molar-refractivity contribution in [2.24, 2.45) is 0 Å². The average molecular weight is 167 g/mol. The van der Waals surface area contributed by atoms with Gasteiger partial charge in [0.1, 0.15) is 0 Å². The number of nitrogens with one attached hydrogen (secondary N) is 1. The van der Waals surface area contributed by atoms with Gasteiger partial charge in [0.15, 0.2) is 0 Å². The standard InChI is InChI=1S/C8H7NOS.H2/c10-8(9-6-11)7-4-2-1-3-5-7;/h1-6H,(H,9,10,11);1H. The van der Waals surface area contributed by atoms with Crippen LogP contribution in [-0.4, -0.2) is 11.4 Å². The van der Waals surface area contributed by atoms with Gasteiger partial charge in [0, 0.05) is 6.99 Å². The van der Waals surface area contributed by atoms with Gasteiger partial charge in [0.05, 0.1) is 5.49 Å². The van der Waals surface area contributed by atoms with Crippen LogP contribution in [0.3, 0.4) is 0 Å². The molecule has 0 radical (unpaired) electrons. The predicted molar refractivity (Wildman–Crippen MR) is 49.7 cm³/mol. The smallest absolute Gasteiger partial charge is 0.255 e. The summed E-state index contributed by atoms with van der Waals surface area (Å²) < 4.78 is 0. The zero-order valence-electron chi connectivity index (χ0n) is 5.78. The highest BCUT2D eigenvalue weighted by molar-refractivity contribution is 7.78. The van der Waals surface area contributed by atoms with Gasteiger partial charge in [-0.05, 0) is 12.1 Å². The van der Waals surface area contributed by atoms with Gasteiger partial charge < -0.3 is 5.32 Å². The van der Waals surface area contributed by atoms with Crippen LogP contribution in [0.1, 0.15) is 11.8 Å². The normalized spacial score (nSPS) is 8.73. The summed E-state index contributed by atoms with van der Waals surface area (Å²) in [5, 5.41) is 2.41. The van der Waals surface area contributed by atoms with Crippen LogP contribution < -0.4 is 5.32 Å². The number of carbonyl (C=O) groups is 1. The van der Waals surface area contributed by atoms with E-state index < -0.39 is 0 Å². The fraction of sp³-hybridized carbons (Fsp3) is 0. The zero-order valence-corrected chi connectivity index (χ0v) is 6.60. The van der Waals surface area contributed by atoms with Crippen molar-refractivity contribution in [1.29, 1.82) is 0 Å². The van der Waals surface area contributed by atoms with E-state index >= 15 is 0 Å².